The van der Waals surface area contributed by atoms with Crippen LogP contribution in [0.1, 0.15) is 38.2 Å². The molecular weight excluding hydrogens is 244 g/mol. The van der Waals surface area contributed by atoms with Gasteiger partial charge in [-0.1, -0.05) is 25.1 Å². The second kappa shape index (κ2) is 4.63. The number of rotatable bonds is 4. The highest BCUT2D eigenvalue weighted by atomic mass is 15.1. The number of nitrogens with zero attached hydrogens (tertiary/aromatic N) is 1. The Kier molecular flexibility index (Phi) is 2.88. The molecule has 2 nitrogen and oxygen atoms in total. The molecule has 3 aliphatic rings. The second-order valence-electron chi connectivity index (χ2n) is 6.74. The molecule has 0 spiro atoms. The number of hydrogen-bond donors (Lipinski definition) is 1. The van der Waals surface area contributed by atoms with E-state index in [1.807, 2.05) is 0 Å². The molecular formula is C18H24N2. The van der Waals surface area contributed by atoms with Gasteiger partial charge in [0.15, 0.2) is 0 Å². The molecule has 0 aromatic heterocycles. The van der Waals surface area contributed by atoms with E-state index < -0.39 is 0 Å². The Morgan fingerprint density at radius 1 is 1.15 bits per heavy atom. The van der Waals surface area contributed by atoms with Gasteiger partial charge in [0.25, 0.3) is 0 Å². The monoisotopic (exact) mass is 268 g/mol. The molecule has 0 bridgehead atoms. The minimum atomic E-state index is 0.338. The highest BCUT2D eigenvalue weighted by Gasteiger charge is 2.55. The van der Waals surface area contributed by atoms with Crippen molar-refractivity contribution in [3.8, 4) is 0 Å². The molecule has 20 heavy (non-hydrogen) atoms. The minimum Gasteiger partial charge on any atom is -0.372 e. The van der Waals surface area contributed by atoms with Gasteiger partial charge in [0.2, 0.25) is 0 Å². The third-order valence-corrected chi connectivity index (χ3v) is 5.26. The van der Waals surface area contributed by atoms with Crippen LogP contribution in [0, 0.1) is 5.92 Å². The molecule has 1 N–H and O–H groups in total. The predicted octanol–water partition coefficient (Wildman–Crippen LogP) is 3.49. The van der Waals surface area contributed by atoms with Crippen LogP contribution in [0.5, 0.6) is 0 Å². The number of hydrogen-bond acceptors (Lipinski definition) is 2. The molecule has 0 amide bonds. The normalized spacial score (nSPS) is 31.4. The summed E-state index contributed by atoms with van der Waals surface area (Å²) >= 11 is 0. The van der Waals surface area contributed by atoms with Gasteiger partial charge in [0, 0.05) is 25.3 Å². The Morgan fingerprint density at radius 3 is 2.50 bits per heavy atom. The third kappa shape index (κ3) is 2.07. The van der Waals surface area contributed by atoms with Gasteiger partial charge < -0.3 is 10.2 Å². The summed E-state index contributed by atoms with van der Waals surface area (Å²) in [6.07, 6.45) is 7.80. The lowest BCUT2D eigenvalue weighted by Crippen LogP contribution is -2.43. The van der Waals surface area contributed by atoms with Gasteiger partial charge >= 0.3 is 0 Å². The zero-order valence-corrected chi connectivity index (χ0v) is 12.4. The lowest BCUT2D eigenvalue weighted by atomic mass is 9.80. The molecule has 1 aromatic carbocycles. The first kappa shape index (κ1) is 12.5. The summed E-state index contributed by atoms with van der Waals surface area (Å²) in [7, 11) is 0. The second-order valence-corrected chi connectivity index (χ2v) is 6.74. The van der Waals surface area contributed by atoms with E-state index in [1.165, 1.54) is 50.0 Å². The Labute approximate surface area is 121 Å². The molecule has 1 saturated heterocycles. The fraction of sp³-hybridized carbons (Fsp3) is 0.556. The highest BCUT2D eigenvalue weighted by Crippen LogP contribution is 2.56. The van der Waals surface area contributed by atoms with Crippen molar-refractivity contribution in [3.63, 3.8) is 0 Å². The van der Waals surface area contributed by atoms with Crippen molar-refractivity contribution in [3.05, 3.63) is 41.5 Å². The van der Waals surface area contributed by atoms with Crippen LogP contribution >= 0.6 is 0 Å². The summed E-state index contributed by atoms with van der Waals surface area (Å²) in [4.78, 5) is 2.52. The zero-order valence-electron chi connectivity index (χ0n) is 12.4. The number of anilines is 1. The summed E-state index contributed by atoms with van der Waals surface area (Å²) in [6.45, 7) is 5.77. The number of benzene rings is 1. The summed E-state index contributed by atoms with van der Waals surface area (Å²) < 4.78 is 0. The quantitative estimate of drug-likeness (QED) is 0.841. The molecule has 2 unspecified atom stereocenters. The van der Waals surface area contributed by atoms with Crippen LogP contribution in [-0.2, 0) is 6.54 Å². The third-order valence-electron chi connectivity index (χ3n) is 5.26. The van der Waals surface area contributed by atoms with Gasteiger partial charge in [-0.3, -0.25) is 0 Å². The topological polar surface area (TPSA) is 15.3 Å². The van der Waals surface area contributed by atoms with Crippen LogP contribution in [0.4, 0.5) is 5.69 Å². The van der Waals surface area contributed by atoms with Crippen molar-refractivity contribution in [2.75, 3.05) is 18.0 Å². The van der Waals surface area contributed by atoms with Crippen LogP contribution in [0.25, 0.3) is 0 Å². The first-order valence-corrected chi connectivity index (χ1v) is 8.09. The summed E-state index contributed by atoms with van der Waals surface area (Å²) in [6, 6.07) is 9.17. The molecule has 4 rings (SSSR count). The number of fused-ring (bicyclic) bond motifs is 1. The molecule has 1 saturated carbocycles. The highest BCUT2D eigenvalue weighted by molar-refractivity contribution is 5.55. The van der Waals surface area contributed by atoms with Crippen molar-refractivity contribution in [2.45, 2.75) is 44.7 Å². The van der Waals surface area contributed by atoms with Crippen LogP contribution in [0.3, 0.4) is 0 Å². The van der Waals surface area contributed by atoms with Gasteiger partial charge in [-0.25, -0.2) is 0 Å². The Morgan fingerprint density at radius 2 is 1.90 bits per heavy atom. The molecule has 1 heterocycles. The first-order chi connectivity index (χ1) is 9.77. The molecule has 1 aromatic rings. The van der Waals surface area contributed by atoms with Gasteiger partial charge in [0.1, 0.15) is 0 Å². The number of piperidine rings is 1. The summed E-state index contributed by atoms with van der Waals surface area (Å²) in [5, 5.41) is 3.71. The molecule has 0 radical (unpaired) electrons. The molecule has 1 aliphatic heterocycles. The van der Waals surface area contributed by atoms with E-state index in [0.717, 1.165) is 12.5 Å². The summed E-state index contributed by atoms with van der Waals surface area (Å²) in [5.41, 5.74) is 4.78. The van der Waals surface area contributed by atoms with Gasteiger partial charge in [-0.15, -0.1) is 0 Å². The van der Waals surface area contributed by atoms with E-state index in [4.69, 9.17) is 0 Å². The Hall–Kier alpha value is -1.28. The van der Waals surface area contributed by atoms with Crippen molar-refractivity contribution >= 4 is 5.69 Å². The van der Waals surface area contributed by atoms with Crippen molar-refractivity contribution in [1.82, 2.24) is 5.32 Å². The predicted molar refractivity (Wildman–Crippen MR) is 83.9 cm³/mol. The maximum absolute atomic E-state index is 3.71. The fourth-order valence-corrected chi connectivity index (χ4v) is 3.91. The maximum atomic E-state index is 3.71. The van der Waals surface area contributed by atoms with E-state index in [2.05, 4.69) is 47.5 Å². The SMILES string of the molecule is CC1CC2(NCc3ccc(N4CCCCC4)cc3)C=C12. The van der Waals surface area contributed by atoms with E-state index in [9.17, 15) is 0 Å². The van der Waals surface area contributed by atoms with Gasteiger partial charge in [-0.05, 0) is 54.9 Å². The van der Waals surface area contributed by atoms with Crippen LogP contribution in [-0.4, -0.2) is 18.6 Å². The Balaban J connectivity index is 1.33. The van der Waals surface area contributed by atoms with Gasteiger partial charge in [-0.2, -0.15) is 0 Å². The molecule has 2 atom stereocenters. The van der Waals surface area contributed by atoms with E-state index in [0.29, 0.717) is 5.54 Å². The van der Waals surface area contributed by atoms with Crippen LogP contribution in [0.15, 0.2) is 35.9 Å². The minimum absolute atomic E-state index is 0.338. The maximum Gasteiger partial charge on any atom is 0.0595 e. The molecule has 2 fully saturated rings. The average Bonchev–Trinajstić information content (AvgIpc) is 3.12. The van der Waals surface area contributed by atoms with Crippen LogP contribution < -0.4 is 10.2 Å². The fourth-order valence-electron chi connectivity index (χ4n) is 3.91. The lowest BCUT2D eigenvalue weighted by Gasteiger charge is -2.34. The van der Waals surface area contributed by atoms with Crippen molar-refractivity contribution in [1.29, 1.82) is 0 Å². The molecule has 2 aliphatic carbocycles. The zero-order chi connectivity index (χ0) is 13.6. The average molecular weight is 268 g/mol. The van der Waals surface area contributed by atoms with E-state index in [1.54, 1.807) is 5.57 Å². The van der Waals surface area contributed by atoms with E-state index in [-0.39, 0.29) is 0 Å². The van der Waals surface area contributed by atoms with Crippen molar-refractivity contribution in [2.24, 2.45) is 5.92 Å². The van der Waals surface area contributed by atoms with Crippen molar-refractivity contribution < 1.29 is 0 Å². The lowest BCUT2D eigenvalue weighted by molar-refractivity contribution is 0.343. The number of nitrogens with one attached hydrogen (secondary N) is 1. The Bertz CT molecular complexity index is 525. The summed E-state index contributed by atoms with van der Waals surface area (Å²) in [5.74, 6) is 0.823. The largest absolute Gasteiger partial charge is 0.372 e. The van der Waals surface area contributed by atoms with Gasteiger partial charge in [0.05, 0.1) is 5.54 Å². The van der Waals surface area contributed by atoms with Crippen LogP contribution in [0.2, 0.25) is 0 Å². The van der Waals surface area contributed by atoms with E-state index >= 15 is 0 Å². The first-order valence-electron chi connectivity index (χ1n) is 8.09. The molecule has 106 valence electrons. The standard InChI is InChI=1S/C18H24N2/c1-14-11-18(12-17(14)18)19-13-15-5-7-16(8-6-15)20-9-3-2-4-10-20/h5-8,12,14,19H,2-4,9-11,13H2,1H3. The smallest absolute Gasteiger partial charge is 0.0595 e. The molecule has 2 heteroatoms.